The second kappa shape index (κ2) is 8.12. The number of fused-ring (bicyclic) bond motifs is 1. The summed E-state index contributed by atoms with van der Waals surface area (Å²) in [5, 5.41) is 0. The van der Waals surface area contributed by atoms with E-state index in [1.807, 2.05) is 56.1 Å². The number of carbonyl (C=O) groups excluding carboxylic acids is 1. The Balaban J connectivity index is 1.69. The molecular formula is C21H24N2O4. The maximum atomic E-state index is 12.5. The third kappa shape index (κ3) is 4.39. The van der Waals surface area contributed by atoms with Crippen molar-refractivity contribution in [3.8, 4) is 11.5 Å². The summed E-state index contributed by atoms with van der Waals surface area (Å²) < 4.78 is 16.1. The topological polar surface area (TPSA) is 60.4 Å². The molecule has 6 nitrogen and oxygen atoms in total. The molecule has 27 heavy (non-hydrogen) atoms. The van der Waals surface area contributed by atoms with Crippen LogP contribution in [0, 0.1) is 13.8 Å². The molecule has 0 saturated heterocycles. The lowest BCUT2D eigenvalue weighted by Gasteiger charge is -2.12. The highest BCUT2D eigenvalue weighted by atomic mass is 16.7. The zero-order valence-corrected chi connectivity index (χ0v) is 16.1. The van der Waals surface area contributed by atoms with Crippen molar-refractivity contribution in [2.75, 3.05) is 20.4 Å². The molecule has 0 radical (unpaired) electrons. The van der Waals surface area contributed by atoms with Crippen LogP contribution in [0.3, 0.4) is 0 Å². The fourth-order valence-corrected chi connectivity index (χ4v) is 2.66. The average molecular weight is 368 g/mol. The number of esters is 1. The van der Waals surface area contributed by atoms with Crippen molar-refractivity contribution >= 4 is 18.0 Å². The van der Waals surface area contributed by atoms with E-state index in [9.17, 15) is 4.79 Å². The van der Waals surface area contributed by atoms with Gasteiger partial charge in [-0.3, -0.25) is 0 Å². The molecule has 1 aliphatic heterocycles. The van der Waals surface area contributed by atoms with Crippen LogP contribution in [-0.4, -0.2) is 37.6 Å². The lowest BCUT2D eigenvalue weighted by Crippen LogP contribution is -2.14. The number of ether oxygens (including phenoxy) is 3. The molecule has 0 atom stereocenters. The van der Waals surface area contributed by atoms with Gasteiger partial charge in [0.15, 0.2) is 11.5 Å². The van der Waals surface area contributed by atoms with Crippen molar-refractivity contribution in [3.05, 3.63) is 52.6 Å². The zero-order valence-electron chi connectivity index (χ0n) is 16.1. The van der Waals surface area contributed by atoms with E-state index >= 15 is 0 Å². The Morgan fingerprint density at radius 2 is 1.96 bits per heavy atom. The predicted octanol–water partition coefficient (Wildman–Crippen LogP) is 4.00. The highest BCUT2D eigenvalue weighted by molar-refractivity contribution is 5.92. The number of carbonyl (C=O) groups is 1. The first-order valence-corrected chi connectivity index (χ1v) is 8.89. The molecule has 3 rings (SSSR count). The molecule has 0 bridgehead atoms. The standard InChI is InChI=1S/C21H24N2O4/c1-5-23(4)12-22-18-9-14(2)17(8-15(18)3)21(24)25-11-16-6-7-19-20(10-16)27-13-26-19/h6-10,12H,5,11,13H2,1-4H3/b22-12+. The lowest BCUT2D eigenvalue weighted by atomic mass is 10.0. The first kappa shape index (κ1) is 18.8. The third-order valence-corrected chi connectivity index (χ3v) is 4.46. The molecule has 0 fully saturated rings. The fraction of sp³-hybridized carbons (Fsp3) is 0.333. The van der Waals surface area contributed by atoms with E-state index in [1.54, 1.807) is 6.34 Å². The van der Waals surface area contributed by atoms with Gasteiger partial charge in [0.25, 0.3) is 0 Å². The molecule has 0 aliphatic carbocycles. The highest BCUT2D eigenvalue weighted by Gasteiger charge is 2.16. The van der Waals surface area contributed by atoms with Crippen molar-refractivity contribution in [3.63, 3.8) is 0 Å². The summed E-state index contributed by atoms with van der Waals surface area (Å²) in [6, 6.07) is 9.25. The van der Waals surface area contributed by atoms with Crippen LogP contribution in [0.15, 0.2) is 35.3 Å². The van der Waals surface area contributed by atoms with Gasteiger partial charge in [-0.25, -0.2) is 9.79 Å². The van der Waals surface area contributed by atoms with Crippen LogP contribution in [0.5, 0.6) is 11.5 Å². The molecular weight excluding hydrogens is 344 g/mol. The summed E-state index contributed by atoms with van der Waals surface area (Å²) in [5.41, 5.74) is 4.01. The van der Waals surface area contributed by atoms with Crippen LogP contribution in [0.2, 0.25) is 0 Å². The monoisotopic (exact) mass is 368 g/mol. The molecule has 0 spiro atoms. The van der Waals surface area contributed by atoms with Crippen molar-refractivity contribution in [1.29, 1.82) is 0 Å². The Morgan fingerprint density at radius 1 is 1.19 bits per heavy atom. The Bertz CT molecular complexity index is 877. The molecule has 2 aromatic carbocycles. The second-order valence-corrected chi connectivity index (χ2v) is 6.54. The van der Waals surface area contributed by atoms with Crippen molar-refractivity contribution in [2.24, 2.45) is 4.99 Å². The number of nitrogens with zero attached hydrogens (tertiary/aromatic N) is 2. The lowest BCUT2D eigenvalue weighted by molar-refractivity contribution is 0.0471. The highest BCUT2D eigenvalue weighted by Crippen LogP contribution is 2.32. The smallest absolute Gasteiger partial charge is 0.338 e. The van der Waals surface area contributed by atoms with Crippen molar-refractivity contribution < 1.29 is 19.0 Å². The van der Waals surface area contributed by atoms with Crippen LogP contribution in [0.4, 0.5) is 5.69 Å². The van der Waals surface area contributed by atoms with E-state index in [-0.39, 0.29) is 19.4 Å². The van der Waals surface area contributed by atoms with Gasteiger partial charge in [-0.1, -0.05) is 6.07 Å². The number of aryl methyl sites for hydroxylation is 2. The van der Waals surface area contributed by atoms with Crippen LogP contribution in [-0.2, 0) is 11.3 Å². The first-order chi connectivity index (χ1) is 13.0. The van der Waals surface area contributed by atoms with Crippen molar-refractivity contribution in [1.82, 2.24) is 4.90 Å². The number of rotatable bonds is 6. The van der Waals surface area contributed by atoms with Gasteiger partial charge in [-0.05, 0) is 61.7 Å². The third-order valence-electron chi connectivity index (χ3n) is 4.46. The SMILES string of the molecule is CCN(C)/C=N/c1cc(C)c(C(=O)OCc2ccc3c(c2)OCO3)cc1C. The summed E-state index contributed by atoms with van der Waals surface area (Å²) in [6.07, 6.45) is 1.79. The van der Waals surface area contributed by atoms with E-state index in [0.717, 1.165) is 28.9 Å². The maximum Gasteiger partial charge on any atom is 0.338 e. The Kier molecular flexibility index (Phi) is 5.64. The summed E-state index contributed by atoms with van der Waals surface area (Å²) in [4.78, 5) is 19.0. The fourth-order valence-electron chi connectivity index (χ4n) is 2.66. The van der Waals surface area contributed by atoms with Crippen LogP contribution >= 0.6 is 0 Å². The van der Waals surface area contributed by atoms with Gasteiger partial charge in [0, 0.05) is 13.6 Å². The summed E-state index contributed by atoms with van der Waals surface area (Å²) in [5.74, 6) is 1.03. The van der Waals surface area contributed by atoms with Gasteiger partial charge in [-0.2, -0.15) is 0 Å². The van der Waals surface area contributed by atoms with E-state index in [2.05, 4.69) is 11.9 Å². The van der Waals surface area contributed by atoms with Gasteiger partial charge in [0.2, 0.25) is 6.79 Å². The molecule has 0 aromatic heterocycles. The second-order valence-electron chi connectivity index (χ2n) is 6.54. The molecule has 0 N–H and O–H groups in total. The molecule has 6 heteroatoms. The minimum Gasteiger partial charge on any atom is -0.457 e. The summed E-state index contributed by atoms with van der Waals surface area (Å²) in [7, 11) is 1.97. The van der Waals surface area contributed by atoms with Gasteiger partial charge in [0.1, 0.15) is 6.61 Å². The largest absolute Gasteiger partial charge is 0.457 e. The zero-order chi connectivity index (χ0) is 19.4. The van der Waals surface area contributed by atoms with E-state index in [4.69, 9.17) is 14.2 Å². The van der Waals surface area contributed by atoms with Gasteiger partial charge in [0.05, 0.1) is 17.6 Å². The van der Waals surface area contributed by atoms with E-state index in [0.29, 0.717) is 17.1 Å². The van der Waals surface area contributed by atoms with Crippen LogP contribution in [0.1, 0.15) is 34.0 Å². The van der Waals surface area contributed by atoms with E-state index < -0.39 is 0 Å². The molecule has 0 amide bonds. The number of hydrogen-bond donors (Lipinski definition) is 0. The average Bonchev–Trinajstić information content (AvgIpc) is 3.13. The number of aliphatic imine (C=N–C) groups is 1. The van der Waals surface area contributed by atoms with Gasteiger partial charge >= 0.3 is 5.97 Å². The first-order valence-electron chi connectivity index (χ1n) is 8.89. The maximum absolute atomic E-state index is 12.5. The normalized spacial score (nSPS) is 12.4. The quantitative estimate of drug-likeness (QED) is 0.438. The predicted molar refractivity (Wildman–Crippen MR) is 104 cm³/mol. The Morgan fingerprint density at radius 3 is 2.74 bits per heavy atom. The van der Waals surface area contributed by atoms with E-state index in [1.165, 1.54) is 0 Å². The Hall–Kier alpha value is -3.02. The molecule has 0 saturated carbocycles. The van der Waals surface area contributed by atoms with Crippen LogP contribution in [0.25, 0.3) is 0 Å². The summed E-state index contributed by atoms with van der Waals surface area (Å²) in [6.45, 7) is 7.16. The molecule has 1 aliphatic rings. The number of benzene rings is 2. The van der Waals surface area contributed by atoms with Gasteiger partial charge in [-0.15, -0.1) is 0 Å². The molecule has 0 unspecified atom stereocenters. The van der Waals surface area contributed by atoms with Gasteiger partial charge < -0.3 is 19.1 Å². The Labute approximate surface area is 159 Å². The minimum atomic E-state index is -0.352. The summed E-state index contributed by atoms with van der Waals surface area (Å²) >= 11 is 0. The molecule has 1 heterocycles. The molecule has 2 aromatic rings. The minimum absolute atomic E-state index is 0.176. The number of hydrogen-bond acceptors (Lipinski definition) is 5. The molecule has 142 valence electrons. The van der Waals surface area contributed by atoms with Crippen LogP contribution < -0.4 is 9.47 Å². The van der Waals surface area contributed by atoms with Crippen molar-refractivity contribution in [2.45, 2.75) is 27.4 Å².